The highest BCUT2D eigenvalue weighted by Crippen LogP contribution is 2.37. The van der Waals surface area contributed by atoms with Gasteiger partial charge in [-0.15, -0.1) is 0 Å². The van der Waals surface area contributed by atoms with Crippen molar-refractivity contribution >= 4 is 5.69 Å². The maximum absolute atomic E-state index is 5.89. The zero-order chi connectivity index (χ0) is 11.7. The molecule has 1 aromatic carbocycles. The zero-order valence-electron chi connectivity index (χ0n) is 10.4. The molecule has 2 aliphatic rings. The first-order valence-corrected chi connectivity index (χ1v) is 6.96. The number of nitrogen functional groups attached to an aromatic ring is 1. The van der Waals surface area contributed by atoms with Crippen molar-refractivity contribution in [1.82, 2.24) is 5.32 Å². The Hall–Kier alpha value is -1.02. The van der Waals surface area contributed by atoms with Crippen molar-refractivity contribution in [2.45, 2.75) is 44.6 Å². The van der Waals surface area contributed by atoms with Crippen LogP contribution in [0.15, 0.2) is 18.2 Å². The fourth-order valence-corrected chi connectivity index (χ4v) is 3.51. The standard InChI is InChI=1S/C15H22N2/c16-13-6-7-14-12(10-13)8-9-17-15(14)11-4-2-1-3-5-11/h6-7,10-11,15,17H,1-5,8-9,16H2. The molecule has 0 aromatic heterocycles. The van der Waals surface area contributed by atoms with Crippen molar-refractivity contribution in [1.29, 1.82) is 0 Å². The van der Waals surface area contributed by atoms with Gasteiger partial charge in [0, 0.05) is 11.7 Å². The van der Waals surface area contributed by atoms with Crippen molar-refractivity contribution in [2.75, 3.05) is 12.3 Å². The lowest BCUT2D eigenvalue weighted by molar-refractivity contribution is 0.265. The van der Waals surface area contributed by atoms with Crippen molar-refractivity contribution in [3.05, 3.63) is 29.3 Å². The molecule has 3 N–H and O–H groups in total. The maximum atomic E-state index is 5.89. The number of nitrogens with two attached hydrogens (primary N) is 1. The van der Waals surface area contributed by atoms with Crippen LogP contribution in [0.5, 0.6) is 0 Å². The number of hydrogen-bond acceptors (Lipinski definition) is 2. The minimum absolute atomic E-state index is 0.583. The average molecular weight is 230 g/mol. The summed E-state index contributed by atoms with van der Waals surface area (Å²) in [4.78, 5) is 0. The topological polar surface area (TPSA) is 38.0 Å². The quantitative estimate of drug-likeness (QED) is 0.728. The smallest absolute Gasteiger partial charge is 0.0351 e. The van der Waals surface area contributed by atoms with Gasteiger partial charge in [0.05, 0.1) is 0 Å². The first kappa shape index (κ1) is 11.1. The molecule has 1 fully saturated rings. The van der Waals surface area contributed by atoms with E-state index in [9.17, 15) is 0 Å². The average Bonchev–Trinajstić information content (AvgIpc) is 2.39. The predicted octanol–water partition coefficient (Wildman–Crippen LogP) is 3.04. The summed E-state index contributed by atoms with van der Waals surface area (Å²) in [6, 6.07) is 7.06. The van der Waals surface area contributed by atoms with Crippen LogP contribution in [-0.4, -0.2) is 6.54 Å². The number of fused-ring (bicyclic) bond motifs is 1. The Labute approximate surface area is 104 Å². The molecule has 1 aliphatic carbocycles. The predicted molar refractivity (Wildman–Crippen MR) is 71.9 cm³/mol. The third-order valence-electron chi connectivity index (χ3n) is 4.38. The molecule has 1 unspecified atom stereocenters. The van der Waals surface area contributed by atoms with Gasteiger partial charge in [0.1, 0.15) is 0 Å². The molecule has 0 saturated heterocycles. The Morgan fingerprint density at radius 3 is 2.76 bits per heavy atom. The van der Waals surface area contributed by atoms with Gasteiger partial charge < -0.3 is 11.1 Å². The summed E-state index contributed by atoms with van der Waals surface area (Å²) in [7, 11) is 0. The van der Waals surface area contributed by atoms with Crippen LogP contribution in [0.3, 0.4) is 0 Å². The first-order valence-electron chi connectivity index (χ1n) is 6.96. The molecule has 0 bridgehead atoms. The molecular formula is C15H22N2. The van der Waals surface area contributed by atoms with Crippen molar-refractivity contribution in [3.8, 4) is 0 Å². The van der Waals surface area contributed by atoms with Crippen LogP contribution in [0.25, 0.3) is 0 Å². The number of anilines is 1. The molecule has 0 radical (unpaired) electrons. The van der Waals surface area contributed by atoms with Gasteiger partial charge in [-0.05, 0) is 55.0 Å². The van der Waals surface area contributed by atoms with Gasteiger partial charge in [0.2, 0.25) is 0 Å². The Bertz CT molecular complexity index is 394. The van der Waals surface area contributed by atoms with E-state index in [0.29, 0.717) is 6.04 Å². The van der Waals surface area contributed by atoms with Gasteiger partial charge >= 0.3 is 0 Å². The molecule has 0 spiro atoms. The van der Waals surface area contributed by atoms with Crippen LogP contribution in [0, 0.1) is 5.92 Å². The number of nitrogens with one attached hydrogen (secondary N) is 1. The summed E-state index contributed by atoms with van der Waals surface area (Å²) >= 11 is 0. The number of rotatable bonds is 1. The van der Waals surface area contributed by atoms with E-state index >= 15 is 0 Å². The second kappa shape index (κ2) is 4.69. The molecule has 17 heavy (non-hydrogen) atoms. The summed E-state index contributed by atoms with van der Waals surface area (Å²) in [6.07, 6.45) is 8.16. The van der Waals surface area contributed by atoms with Crippen LogP contribution in [0.4, 0.5) is 5.69 Å². The lowest BCUT2D eigenvalue weighted by Crippen LogP contribution is -2.35. The first-order chi connectivity index (χ1) is 8.34. The van der Waals surface area contributed by atoms with Gasteiger partial charge in [-0.25, -0.2) is 0 Å². The summed E-state index contributed by atoms with van der Waals surface area (Å²) in [5.41, 5.74) is 9.78. The Balaban J connectivity index is 1.88. The minimum Gasteiger partial charge on any atom is -0.399 e. The van der Waals surface area contributed by atoms with E-state index in [1.807, 2.05) is 0 Å². The molecule has 1 aliphatic heterocycles. The van der Waals surface area contributed by atoms with E-state index in [1.54, 1.807) is 0 Å². The highest BCUT2D eigenvalue weighted by molar-refractivity contribution is 5.47. The van der Waals surface area contributed by atoms with Crippen LogP contribution < -0.4 is 11.1 Å². The van der Waals surface area contributed by atoms with E-state index in [2.05, 4.69) is 23.5 Å². The Morgan fingerprint density at radius 1 is 1.12 bits per heavy atom. The number of hydrogen-bond donors (Lipinski definition) is 2. The van der Waals surface area contributed by atoms with Gasteiger partial charge in [0.15, 0.2) is 0 Å². The van der Waals surface area contributed by atoms with Gasteiger partial charge in [-0.1, -0.05) is 25.3 Å². The molecule has 1 saturated carbocycles. The van der Waals surface area contributed by atoms with Crippen molar-refractivity contribution in [3.63, 3.8) is 0 Å². The third kappa shape index (κ3) is 2.19. The Kier molecular flexibility index (Phi) is 3.06. The Morgan fingerprint density at radius 2 is 1.94 bits per heavy atom. The van der Waals surface area contributed by atoms with Crippen molar-refractivity contribution < 1.29 is 0 Å². The van der Waals surface area contributed by atoms with Crippen LogP contribution >= 0.6 is 0 Å². The SMILES string of the molecule is Nc1ccc2c(c1)CCNC2C1CCCCC1. The van der Waals surface area contributed by atoms with E-state index < -0.39 is 0 Å². The van der Waals surface area contributed by atoms with Gasteiger partial charge in [-0.2, -0.15) is 0 Å². The van der Waals surface area contributed by atoms with Crippen LogP contribution in [0.1, 0.15) is 49.3 Å². The van der Waals surface area contributed by atoms with E-state index in [1.165, 1.54) is 43.2 Å². The maximum Gasteiger partial charge on any atom is 0.0351 e. The lowest BCUT2D eigenvalue weighted by Gasteiger charge is -2.35. The van der Waals surface area contributed by atoms with Gasteiger partial charge in [0.25, 0.3) is 0 Å². The molecule has 2 heteroatoms. The van der Waals surface area contributed by atoms with Gasteiger partial charge in [-0.3, -0.25) is 0 Å². The number of benzene rings is 1. The lowest BCUT2D eigenvalue weighted by atomic mass is 9.78. The fourth-order valence-electron chi connectivity index (χ4n) is 3.51. The largest absolute Gasteiger partial charge is 0.399 e. The molecule has 92 valence electrons. The highest BCUT2D eigenvalue weighted by Gasteiger charge is 2.28. The zero-order valence-corrected chi connectivity index (χ0v) is 10.4. The van der Waals surface area contributed by atoms with E-state index in [0.717, 1.165) is 24.6 Å². The summed E-state index contributed by atoms with van der Waals surface area (Å²) < 4.78 is 0. The molecular weight excluding hydrogens is 208 g/mol. The molecule has 1 aromatic rings. The molecule has 1 heterocycles. The van der Waals surface area contributed by atoms with Crippen molar-refractivity contribution in [2.24, 2.45) is 5.92 Å². The monoisotopic (exact) mass is 230 g/mol. The van der Waals surface area contributed by atoms with E-state index in [4.69, 9.17) is 5.73 Å². The highest BCUT2D eigenvalue weighted by atomic mass is 14.9. The fraction of sp³-hybridized carbons (Fsp3) is 0.600. The minimum atomic E-state index is 0.583. The van der Waals surface area contributed by atoms with Crippen LogP contribution in [0.2, 0.25) is 0 Å². The summed E-state index contributed by atoms with van der Waals surface area (Å²) in [6.45, 7) is 1.11. The second-order valence-corrected chi connectivity index (χ2v) is 5.54. The van der Waals surface area contributed by atoms with E-state index in [-0.39, 0.29) is 0 Å². The molecule has 2 nitrogen and oxygen atoms in total. The molecule has 0 amide bonds. The second-order valence-electron chi connectivity index (χ2n) is 5.54. The molecule has 3 rings (SSSR count). The third-order valence-corrected chi connectivity index (χ3v) is 4.38. The van der Waals surface area contributed by atoms with Crippen LogP contribution in [-0.2, 0) is 6.42 Å². The summed E-state index contributed by atoms with van der Waals surface area (Å²) in [5, 5.41) is 3.72. The summed E-state index contributed by atoms with van der Waals surface area (Å²) in [5.74, 6) is 0.839. The molecule has 1 atom stereocenters. The normalized spacial score (nSPS) is 25.5.